The molecule has 9 nitrogen and oxygen atoms in total. The van der Waals surface area contributed by atoms with Crippen molar-refractivity contribution in [2.24, 2.45) is 5.92 Å². The molecule has 0 saturated heterocycles. The fourth-order valence-corrected chi connectivity index (χ4v) is 5.96. The molecule has 2 aromatic carbocycles. The second kappa shape index (κ2) is 16.8. The van der Waals surface area contributed by atoms with Gasteiger partial charge in [0, 0.05) is 42.2 Å². The Morgan fingerprint density at radius 2 is 1.76 bits per heavy atom. The van der Waals surface area contributed by atoms with E-state index in [9.17, 15) is 14.4 Å². The van der Waals surface area contributed by atoms with Gasteiger partial charge in [-0.05, 0) is 69.9 Å². The standard InChI is InChI=1S/C33H42Cl2N4O5S/c1-7-43-28(40)13-16-39(31-38-29(27(45-31)17-21(2)3)23-11-12-25(34)26(35)19-23)20-22-9-8-10-24(18-22)30(41)36-14-15-37-32(42)44-33(4,5)6/h8-12,18-19,21H,7,13-17,20H2,1-6H3,(H,36,41)(H,37,42). The molecule has 12 heteroatoms. The second-order valence-corrected chi connectivity index (χ2v) is 13.7. The number of rotatable bonds is 14. The third-order valence-electron chi connectivity index (χ3n) is 6.28. The zero-order valence-corrected chi connectivity index (χ0v) is 29.0. The molecule has 1 aromatic heterocycles. The van der Waals surface area contributed by atoms with Gasteiger partial charge in [0.05, 0.1) is 28.8 Å². The molecule has 0 bridgehead atoms. The highest BCUT2D eigenvalue weighted by atomic mass is 35.5. The van der Waals surface area contributed by atoms with Crippen LogP contribution in [0.1, 0.15) is 68.8 Å². The maximum Gasteiger partial charge on any atom is 0.407 e. The summed E-state index contributed by atoms with van der Waals surface area (Å²) in [4.78, 5) is 45.3. The Balaban J connectivity index is 1.81. The maximum absolute atomic E-state index is 12.9. The Hall–Kier alpha value is -3.34. The number of thiazole rings is 1. The quantitative estimate of drug-likeness (QED) is 0.134. The first-order valence-corrected chi connectivity index (χ1v) is 16.5. The first-order chi connectivity index (χ1) is 21.3. The van der Waals surface area contributed by atoms with Crippen LogP contribution in [-0.2, 0) is 27.2 Å². The number of nitrogens with zero attached hydrogens (tertiary/aromatic N) is 2. The van der Waals surface area contributed by atoms with E-state index in [2.05, 4.69) is 24.5 Å². The highest BCUT2D eigenvalue weighted by molar-refractivity contribution is 7.16. The summed E-state index contributed by atoms with van der Waals surface area (Å²) < 4.78 is 10.4. The molecule has 3 aromatic rings. The number of carbonyl (C=O) groups is 3. The van der Waals surface area contributed by atoms with Gasteiger partial charge in [0.25, 0.3) is 5.91 Å². The first-order valence-electron chi connectivity index (χ1n) is 15.0. The zero-order valence-electron chi connectivity index (χ0n) is 26.7. The topological polar surface area (TPSA) is 110 Å². The summed E-state index contributed by atoms with van der Waals surface area (Å²) in [6, 6.07) is 12.8. The molecular formula is C33H42Cl2N4O5S. The third kappa shape index (κ3) is 11.8. The predicted molar refractivity (Wildman–Crippen MR) is 181 cm³/mol. The lowest BCUT2D eigenvalue weighted by molar-refractivity contribution is -0.142. The zero-order chi connectivity index (χ0) is 33.1. The normalized spacial score (nSPS) is 11.3. The molecule has 0 saturated carbocycles. The number of nitrogens with one attached hydrogen (secondary N) is 2. The molecule has 0 atom stereocenters. The van der Waals surface area contributed by atoms with E-state index in [1.165, 1.54) is 0 Å². The van der Waals surface area contributed by atoms with Crippen molar-refractivity contribution in [3.05, 3.63) is 68.5 Å². The summed E-state index contributed by atoms with van der Waals surface area (Å²) >= 11 is 14.1. The van der Waals surface area contributed by atoms with E-state index >= 15 is 0 Å². The van der Waals surface area contributed by atoms with Crippen molar-refractivity contribution in [3.63, 3.8) is 0 Å². The fraction of sp³-hybridized carbons (Fsp3) is 0.455. The van der Waals surface area contributed by atoms with Gasteiger partial charge in [-0.2, -0.15) is 0 Å². The summed E-state index contributed by atoms with van der Waals surface area (Å²) in [5.41, 5.74) is 2.45. The van der Waals surface area contributed by atoms with Crippen molar-refractivity contribution in [3.8, 4) is 11.3 Å². The van der Waals surface area contributed by atoms with Gasteiger partial charge in [0.1, 0.15) is 5.60 Å². The average Bonchev–Trinajstić information content (AvgIpc) is 3.37. The minimum absolute atomic E-state index is 0.180. The SMILES string of the molecule is CCOC(=O)CCN(Cc1cccc(C(=O)NCCNC(=O)OC(C)(C)C)c1)c1nc(-c2ccc(Cl)c(Cl)c2)c(CC(C)C)s1. The Kier molecular flexibility index (Phi) is 13.5. The molecule has 0 fully saturated rings. The van der Waals surface area contributed by atoms with Crippen LogP contribution in [0.2, 0.25) is 10.0 Å². The van der Waals surface area contributed by atoms with Crippen molar-refractivity contribution < 1.29 is 23.9 Å². The van der Waals surface area contributed by atoms with E-state index in [0.29, 0.717) is 41.2 Å². The number of halogens is 2. The largest absolute Gasteiger partial charge is 0.466 e. The Bertz CT molecular complexity index is 1470. The predicted octanol–water partition coefficient (Wildman–Crippen LogP) is 7.53. The molecule has 244 valence electrons. The summed E-state index contributed by atoms with van der Waals surface area (Å²) in [6.45, 7) is 13.0. The van der Waals surface area contributed by atoms with Crippen LogP contribution in [0.5, 0.6) is 0 Å². The van der Waals surface area contributed by atoms with Gasteiger partial charge in [-0.15, -0.1) is 11.3 Å². The van der Waals surface area contributed by atoms with Crippen molar-refractivity contribution in [1.82, 2.24) is 15.6 Å². The molecule has 0 aliphatic carbocycles. The van der Waals surface area contributed by atoms with Gasteiger partial charge in [-0.3, -0.25) is 9.59 Å². The number of hydrogen-bond acceptors (Lipinski definition) is 8. The van der Waals surface area contributed by atoms with E-state index in [1.54, 1.807) is 51.2 Å². The molecule has 2 amide bonds. The van der Waals surface area contributed by atoms with Crippen LogP contribution in [-0.4, -0.2) is 54.8 Å². The van der Waals surface area contributed by atoms with E-state index < -0.39 is 11.7 Å². The van der Waals surface area contributed by atoms with E-state index in [4.69, 9.17) is 37.7 Å². The highest BCUT2D eigenvalue weighted by Crippen LogP contribution is 2.37. The summed E-state index contributed by atoms with van der Waals surface area (Å²) in [7, 11) is 0. The number of anilines is 1. The number of aromatic nitrogens is 1. The lowest BCUT2D eigenvalue weighted by atomic mass is 10.0. The van der Waals surface area contributed by atoms with Gasteiger partial charge < -0.3 is 25.0 Å². The Labute approximate surface area is 279 Å². The molecule has 0 aliphatic heterocycles. The number of benzene rings is 2. The van der Waals surface area contributed by atoms with Gasteiger partial charge in [-0.25, -0.2) is 9.78 Å². The lowest BCUT2D eigenvalue weighted by Gasteiger charge is -2.22. The van der Waals surface area contributed by atoms with Crippen molar-refractivity contribution in [2.75, 3.05) is 31.1 Å². The number of esters is 1. The molecule has 0 radical (unpaired) electrons. The molecule has 1 heterocycles. The van der Waals surface area contributed by atoms with E-state index in [1.807, 2.05) is 35.2 Å². The smallest absolute Gasteiger partial charge is 0.407 e. The number of amides is 2. The number of carbonyl (C=O) groups excluding carboxylic acids is 3. The van der Waals surface area contributed by atoms with Crippen LogP contribution in [0.15, 0.2) is 42.5 Å². The van der Waals surface area contributed by atoms with Crippen molar-refractivity contribution >= 4 is 57.6 Å². The Morgan fingerprint density at radius 1 is 1.02 bits per heavy atom. The van der Waals surface area contributed by atoms with Gasteiger partial charge in [0.15, 0.2) is 5.13 Å². The fourth-order valence-electron chi connectivity index (χ4n) is 4.34. The van der Waals surface area contributed by atoms with Crippen LogP contribution in [0, 0.1) is 5.92 Å². The monoisotopic (exact) mass is 676 g/mol. The Morgan fingerprint density at radius 3 is 2.42 bits per heavy atom. The molecule has 0 unspecified atom stereocenters. The van der Waals surface area contributed by atoms with E-state index in [-0.39, 0.29) is 31.4 Å². The highest BCUT2D eigenvalue weighted by Gasteiger charge is 2.21. The van der Waals surface area contributed by atoms with Gasteiger partial charge in [0.2, 0.25) is 0 Å². The third-order valence-corrected chi connectivity index (χ3v) is 8.15. The first kappa shape index (κ1) is 36.1. The molecule has 3 rings (SSSR count). The van der Waals surface area contributed by atoms with Crippen LogP contribution < -0.4 is 15.5 Å². The minimum Gasteiger partial charge on any atom is -0.466 e. The van der Waals surface area contributed by atoms with Crippen LogP contribution in [0.3, 0.4) is 0 Å². The summed E-state index contributed by atoms with van der Waals surface area (Å²) in [5, 5.41) is 7.13. The molecule has 0 aliphatic rings. The van der Waals surface area contributed by atoms with Crippen molar-refractivity contribution in [2.45, 2.75) is 66.5 Å². The number of hydrogen-bond donors (Lipinski definition) is 2. The molecule has 45 heavy (non-hydrogen) atoms. The molecule has 2 N–H and O–H groups in total. The van der Waals surface area contributed by atoms with E-state index in [0.717, 1.165) is 33.3 Å². The van der Waals surface area contributed by atoms with Crippen LogP contribution in [0.25, 0.3) is 11.3 Å². The summed E-state index contributed by atoms with van der Waals surface area (Å²) in [6.07, 6.45) is 0.458. The van der Waals surface area contributed by atoms with Gasteiger partial charge >= 0.3 is 12.1 Å². The maximum atomic E-state index is 12.9. The van der Waals surface area contributed by atoms with Crippen LogP contribution in [0.4, 0.5) is 9.93 Å². The lowest BCUT2D eigenvalue weighted by Crippen LogP contribution is -2.37. The number of ether oxygens (including phenoxy) is 2. The van der Waals surface area contributed by atoms with Gasteiger partial charge in [-0.1, -0.05) is 55.2 Å². The molecular weight excluding hydrogens is 635 g/mol. The molecule has 0 spiro atoms. The number of alkyl carbamates (subject to hydrolysis) is 1. The average molecular weight is 678 g/mol. The second-order valence-electron chi connectivity index (χ2n) is 11.9. The summed E-state index contributed by atoms with van der Waals surface area (Å²) in [5.74, 6) is -0.169. The van der Waals surface area contributed by atoms with Crippen LogP contribution >= 0.6 is 34.5 Å². The minimum atomic E-state index is -0.599. The van der Waals surface area contributed by atoms with Crippen molar-refractivity contribution in [1.29, 1.82) is 0 Å².